The Balaban J connectivity index is 1.42. The predicted octanol–water partition coefficient (Wildman–Crippen LogP) is 3.55. The van der Waals surface area contributed by atoms with Crippen molar-refractivity contribution in [3.63, 3.8) is 0 Å². The molecule has 0 unspecified atom stereocenters. The van der Waals surface area contributed by atoms with Crippen molar-refractivity contribution in [1.82, 2.24) is 20.5 Å². The first-order chi connectivity index (χ1) is 12.9. The van der Waals surface area contributed by atoms with Crippen LogP contribution in [-0.4, -0.2) is 42.0 Å². The van der Waals surface area contributed by atoms with Gasteiger partial charge in [0.25, 0.3) is 0 Å². The van der Waals surface area contributed by atoms with Gasteiger partial charge in [-0.2, -0.15) is 24.5 Å². The van der Waals surface area contributed by atoms with Gasteiger partial charge in [0.05, 0.1) is 6.54 Å². The molecule has 5 nitrogen and oxygen atoms in total. The van der Waals surface area contributed by atoms with Crippen molar-refractivity contribution < 1.29 is 13.2 Å². The topological polar surface area (TPSA) is 52.6 Å². The Labute approximate surface area is 164 Å². The molecule has 1 saturated heterocycles. The molecule has 2 aromatic rings. The Kier molecular flexibility index (Phi) is 6.72. The third-order valence-corrected chi connectivity index (χ3v) is 5.97. The second kappa shape index (κ2) is 9.03. The van der Waals surface area contributed by atoms with E-state index < -0.39 is 11.9 Å². The third kappa shape index (κ3) is 5.91. The SMILES string of the molecule is CN=C(NCc1nc(C(F)(F)F)cs1)NC1CCN(Cc2ccsc2)CC1. The number of likely N-dealkylation sites (tertiary alicyclic amines) is 1. The third-order valence-electron chi connectivity index (χ3n) is 4.39. The maximum atomic E-state index is 12.6. The van der Waals surface area contributed by atoms with Crippen LogP contribution in [0.4, 0.5) is 13.2 Å². The van der Waals surface area contributed by atoms with Gasteiger partial charge < -0.3 is 10.6 Å². The summed E-state index contributed by atoms with van der Waals surface area (Å²) in [7, 11) is 1.66. The van der Waals surface area contributed by atoms with Crippen LogP contribution in [0.3, 0.4) is 0 Å². The lowest BCUT2D eigenvalue weighted by Gasteiger charge is -2.32. The first kappa shape index (κ1) is 20.1. The first-order valence-corrected chi connectivity index (χ1v) is 10.5. The Hall–Kier alpha value is -1.65. The largest absolute Gasteiger partial charge is 0.434 e. The van der Waals surface area contributed by atoms with E-state index in [-0.39, 0.29) is 6.54 Å². The van der Waals surface area contributed by atoms with Gasteiger partial charge in [0, 0.05) is 38.1 Å². The van der Waals surface area contributed by atoms with Crippen LogP contribution in [0, 0.1) is 0 Å². The Morgan fingerprint density at radius 1 is 1.33 bits per heavy atom. The van der Waals surface area contributed by atoms with Crippen molar-refractivity contribution >= 4 is 28.6 Å². The number of rotatable bonds is 5. The fourth-order valence-electron chi connectivity index (χ4n) is 2.95. The molecule has 0 bridgehead atoms. The van der Waals surface area contributed by atoms with Crippen LogP contribution in [0.1, 0.15) is 29.1 Å². The summed E-state index contributed by atoms with van der Waals surface area (Å²) in [5.74, 6) is 0.593. The summed E-state index contributed by atoms with van der Waals surface area (Å²) in [5.41, 5.74) is 0.510. The summed E-state index contributed by atoms with van der Waals surface area (Å²) < 4.78 is 37.8. The lowest BCUT2D eigenvalue weighted by atomic mass is 10.0. The predicted molar refractivity (Wildman–Crippen MR) is 103 cm³/mol. The molecule has 0 atom stereocenters. The highest BCUT2D eigenvalue weighted by Crippen LogP contribution is 2.29. The molecule has 1 fully saturated rings. The molecule has 0 amide bonds. The van der Waals surface area contributed by atoms with Crippen LogP contribution in [0.2, 0.25) is 0 Å². The molecule has 27 heavy (non-hydrogen) atoms. The fraction of sp³-hybridized carbons (Fsp3) is 0.529. The number of hydrogen-bond donors (Lipinski definition) is 2. The van der Waals surface area contributed by atoms with Gasteiger partial charge in [-0.3, -0.25) is 9.89 Å². The molecule has 0 aliphatic carbocycles. The lowest BCUT2D eigenvalue weighted by Crippen LogP contribution is -2.48. The van der Waals surface area contributed by atoms with Crippen LogP contribution < -0.4 is 10.6 Å². The number of halogens is 3. The van der Waals surface area contributed by atoms with E-state index in [0.29, 0.717) is 17.0 Å². The van der Waals surface area contributed by atoms with Crippen molar-refractivity contribution in [2.75, 3.05) is 20.1 Å². The molecule has 3 rings (SSSR count). The number of piperidine rings is 1. The molecule has 10 heteroatoms. The van der Waals surface area contributed by atoms with Crippen LogP contribution in [0.25, 0.3) is 0 Å². The number of nitrogens with zero attached hydrogens (tertiary/aromatic N) is 3. The minimum Gasteiger partial charge on any atom is -0.354 e. The van der Waals surface area contributed by atoms with Crippen LogP contribution in [0.15, 0.2) is 27.2 Å². The van der Waals surface area contributed by atoms with Gasteiger partial charge >= 0.3 is 6.18 Å². The highest BCUT2D eigenvalue weighted by Gasteiger charge is 2.33. The number of hydrogen-bond acceptors (Lipinski definition) is 5. The second-order valence-electron chi connectivity index (χ2n) is 6.38. The fourth-order valence-corrected chi connectivity index (χ4v) is 4.35. The monoisotopic (exact) mass is 417 g/mol. The van der Waals surface area contributed by atoms with Crippen molar-refractivity contribution in [1.29, 1.82) is 0 Å². The highest BCUT2D eigenvalue weighted by atomic mass is 32.1. The summed E-state index contributed by atoms with van der Waals surface area (Å²) >= 11 is 2.71. The number of nitrogens with one attached hydrogen (secondary N) is 2. The minimum absolute atomic E-state index is 0.220. The minimum atomic E-state index is -4.40. The summed E-state index contributed by atoms with van der Waals surface area (Å²) in [6.07, 6.45) is -2.40. The first-order valence-electron chi connectivity index (χ1n) is 8.66. The normalized spacial score (nSPS) is 17.3. The Morgan fingerprint density at radius 3 is 2.70 bits per heavy atom. The van der Waals surface area contributed by atoms with Gasteiger partial charge in [0.15, 0.2) is 11.7 Å². The molecule has 2 aromatic heterocycles. The molecular weight excluding hydrogens is 395 g/mol. The Morgan fingerprint density at radius 2 is 2.11 bits per heavy atom. The molecule has 148 valence electrons. The number of alkyl halides is 3. The molecule has 0 saturated carbocycles. The van der Waals surface area contributed by atoms with Gasteiger partial charge in [-0.1, -0.05) is 0 Å². The van der Waals surface area contributed by atoms with Gasteiger partial charge in [0.2, 0.25) is 0 Å². The number of guanidine groups is 1. The summed E-state index contributed by atoms with van der Waals surface area (Å²) in [5, 5.41) is 12.1. The van der Waals surface area contributed by atoms with Gasteiger partial charge in [-0.15, -0.1) is 11.3 Å². The summed E-state index contributed by atoms with van der Waals surface area (Å²) in [4.78, 5) is 10.2. The van der Waals surface area contributed by atoms with E-state index in [4.69, 9.17) is 0 Å². The van der Waals surface area contributed by atoms with E-state index in [9.17, 15) is 13.2 Å². The lowest BCUT2D eigenvalue weighted by molar-refractivity contribution is -0.140. The van der Waals surface area contributed by atoms with Crippen LogP contribution in [0.5, 0.6) is 0 Å². The van der Waals surface area contributed by atoms with E-state index >= 15 is 0 Å². The van der Waals surface area contributed by atoms with Gasteiger partial charge in [0.1, 0.15) is 5.01 Å². The number of aromatic nitrogens is 1. The highest BCUT2D eigenvalue weighted by molar-refractivity contribution is 7.09. The van der Waals surface area contributed by atoms with E-state index in [1.54, 1.807) is 18.4 Å². The zero-order valence-corrected chi connectivity index (χ0v) is 16.6. The Bertz CT molecular complexity index is 734. The maximum absolute atomic E-state index is 12.6. The molecule has 0 aromatic carbocycles. The zero-order valence-electron chi connectivity index (χ0n) is 14.9. The number of aliphatic imine (C=N–C) groups is 1. The van der Waals surface area contributed by atoms with Crippen LogP contribution >= 0.6 is 22.7 Å². The maximum Gasteiger partial charge on any atom is 0.434 e. The molecular formula is C17H22F3N5S2. The van der Waals surface area contributed by atoms with Crippen molar-refractivity contribution in [3.05, 3.63) is 38.5 Å². The van der Waals surface area contributed by atoms with E-state index in [2.05, 4.69) is 42.3 Å². The number of thiophene rings is 1. The molecule has 0 spiro atoms. The molecule has 1 aliphatic heterocycles. The summed E-state index contributed by atoms with van der Waals surface area (Å²) in [6, 6.07) is 2.46. The summed E-state index contributed by atoms with van der Waals surface area (Å²) in [6.45, 7) is 3.21. The zero-order chi connectivity index (χ0) is 19.3. The smallest absolute Gasteiger partial charge is 0.354 e. The van der Waals surface area contributed by atoms with Crippen molar-refractivity contribution in [2.45, 2.75) is 38.1 Å². The molecule has 0 radical (unpaired) electrons. The van der Waals surface area contributed by atoms with E-state index in [1.807, 2.05) is 0 Å². The average molecular weight is 418 g/mol. The second-order valence-corrected chi connectivity index (χ2v) is 8.10. The number of thiazole rings is 1. The van der Waals surface area contributed by atoms with E-state index in [0.717, 1.165) is 49.2 Å². The quantitative estimate of drug-likeness (QED) is 0.577. The standard InChI is InChI=1S/C17H22F3N5S2/c1-21-16(22-8-15-24-14(11-27-15)17(18,19)20)23-13-2-5-25(6-3-13)9-12-4-7-26-10-12/h4,7,10-11,13H,2-3,5-6,8-9H2,1H3,(H2,21,22,23). The van der Waals surface area contributed by atoms with E-state index in [1.165, 1.54) is 5.56 Å². The van der Waals surface area contributed by atoms with Crippen LogP contribution in [-0.2, 0) is 19.3 Å². The molecule has 1 aliphatic rings. The molecule has 2 N–H and O–H groups in total. The van der Waals surface area contributed by atoms with Gasteiger partial charge in [-0.25, -0.2) is 4.98 Å². The average Bonchev–Trinajstić information content (AvgIpc) is 3.31. The van der Waals surface area contributed by atoms with Gasteiger partial charge in [-0.05, 0) is 35.2 Å². The molecule has 3 heterocycles. The van der Waals surface area contributed by atoms with Crippen molar-refractivity contribution in [2.24, 2.45) is 4.99 Å². The van der Waals surface area contributed by atoms with Crippen molar-refractivity contribution in [3.8, 4) is 0 Å².